The van der Waals surface area contributed by atoms with Crippen LogP contribution in [0.15, 0.2) is 12.1 Å². The van der Waals surface area contributed by atoms with Gasteiger partial charge in [-0.3, -0.25) is 4.79 Å². The van der Waals surface area contributed by atoms with Gasteiger partial charge in [0, 0.05) is 19.1 Å². The van der Waals surface area contributed by atoms with Crippen molar-refractivity contribution >= 4 is 5.91 Å². The van der Waals surface area contributed by atoms with Crippen molar-refractivity contribution in [2.45, 2.75) is 18.9 Å². The van der Waals surface area contributed by atoms with Crippen LogP contribution in [0.5, 0.6) is 0 Å². The zero-order chi connectivity index (χ0) is 13.1. The molecule has 0 radical (unpaired) electrons. The highest BCUT2D eigenvalue weighted by molar-refractivity contribution is 5.94. The molecule has 0 saturated heterocycles. The van der Waals surface area contributed by atoms with Crippen LogP contribution in [0.4, 0.5) is 13.2 Å². The molecule has 3 nitrogen and oxygen atoms in total. The van der Waals surface area contributed by atoms with Crippen LogP contribution >= 0.6 is 0 Å². The lowest BCUT2D eigenvalue weighted by atomic mass is 10.2. The highest BCUT2D eigenvalue weighted by Crippen LogP contribution is 2.18. The minimum absolute atomic E-state index is 0.313. The molecule has 0 bridgehead atoms. The number of rotatable bonds is 5. The van der Waals surface area contributed by atoms with Crippen LogP contribution in [0.2, 0.25) is 0 Å². The molecule has 1 saturated carbocycles. The summed E-state index contributed by atoms with van der Waals surface area (Å²) in [5.41, 5.74) is -0.486. The monoisotopic (exact) mass is 258 g/mol. The minimum Gasteiger partial charge on any atom is -0.351 e. The summed E-state index contributed by atoms with van der Waals surface area (Å²) in [7, 11) is 0. The lowest BCUT2D eigenvalue weighted by Gasteiger charge is -2.07. The molecule has 98 valence electrons. The highest BCUT2D eigenvalue weighted by Gasteiger charge is 2.20. The second kappa shape index (κ2) is 5.39. The summed E-state index contributed by atoms with van der Waals surface area (Å²) in [6.07, 6.45) is 2.26. The lowest BCUT2D eigenvalue weighted by Crippen LogP contribution is -2.33. The first kappa shape index (κ1) is 12.9. The highest BCUT2D eigenvalue weighted by atomic mass is 19.2. The van der Waals surface area contributed by atoms with Gasteiger partial charge in [0.25, 0.3) is 5.91 Å². The summed E-state index contributed by atoms with van der Waals surface area (Å²) in [4.78, 5) is 11.5. The van der Waals surface area contributed by atoms with Gasteiger partial charge in [-0.1, -0.05) is 0 Å². The lowest BCUT2D eigenvalue weighted by molar-refractivity contribution is 0.0948. The van der Waals surface area contributed by atoms with Crippen molar-refractivity contribution in [3.05, 3.63) is 35.1 Å². The van der Waals surface area contributed by atoms with E-state index >= 15 is 0 Å². The molecule has 0 aliphatic heterocycles. The molecule has 1 aromatic rings. The molecule has 1 aliphatic rings. The van der Waals surface area contributed by atoms with E-state index in [1.165, 1.54) is 0 Å². The van der Waals surface area contributed by atoms with Gasteiger partial charge >= 0.3 is 0 Å². The fourth-order valence-corrected chi connectivity index (χ4v) is 1.54. The quantitative estimate of drug-likeness (QED) is 0.622. The summed E-state index contributed by atoms with van der Waals surface area (Å²) >= 11 is 0. The summed E-state index contributed by atoms with van der Waals surface area (Å²) in [6, 6.07) is 2.18. The van der Waals surface area contributed by atoms with Gasteiger partial charge in [-0.25, -0.2) is 13.2 Å². The Morgan fingerprint density at radius 2 is 1.89 bits per heavy atom. The Bertz CT molecular complexity index is 461. The molecule has 18 heavy (non-hydrogen) atoms. The van der Waals surface area contributed by atoms with Gasteiger partial charge in [0.1, 0.15) is 0 Å². The van der Waals surface area contributed by atoms with Crippen LogP contribution in [-0.4, -0.2) is 25.0 Å². The number of carbonyl (C=O) groups excluding carboxylic acids is 1. The molecule has 0 atom stereocenters. The smallest absolute Gasteiger partial charge is 0.254 e. The van der Waals surface area contributed by atoms with Crippen molar-refractivity contribution in [1.29, 1.82) is 0 Å². The zero-order valence-electron chi connectivity index (χ0n) is 9.60. The topological polar surface area (TPSA) is 41.1 Å². The maximum absolute atomic E-state index is 13.3. The van der Waals surface area contributed by atoms with E-state index in [0.29, 0.717) is 19.1 Å². The van der Waals surface area contributed by atoms with Gasteiger partial charge in [0.05, 0.1) is 5.56 Å². The van der Waals surface area contributed by atoms with Crippen LogP contribution in [0.1, 0.15) is 23.2 Å². The van der Waals surface area contributed by atoms with Gasteiger partial charge in [-0.05, 0) is 25.0 Å². The third-order valence-electron chi connectivity index (χ3n) is 2.70. The van der Waals surface area contributed by atoms with Crippen molar-refractivity contribution in [3.8, 4) is 0 Å². The van der Waals surface area contributed by atoms with E-state index in [1.807, 2.05) is 0 Å². The number of halogens is 3. The number of benzene rings is 1. The van der Waals surface area contributed by atoms with Gasteiger partial charge in [0.2, 0.25) is 0 Å². The van der Waals surface area contributed by atoms with Crippen molar-refractivity contribution < 1.29 is 18.0 Å². The number of amides is 1. The van der Waals surface area contributed by atoms with Gasteiger partial charge < -0.3 is 10.6 Å². The normalized spacial score (nSPS) is 14.6. The van der Waals surface area contributed by atoms with Crippen LogP contribution in [0.25, 0.3) is 0 Å². The Labute approximate surface area is 102 Å². The Morgan fingerprint density at radius 1 is 1.17 bits per heavy atom. The van der Waals surface area contributed by atoms with E-state index in [-0.39, 0.29) is 0 Å². The van der Waals surface area contributed by atoms with Crippen molar-refractivity contribution in [3.63, 3.8) is 0 Å². The minimum atomic E-state index is -1.63. The van der Waals surface area contributed by atoms with Crippen LogP contribution < -0.4 is 10.6 Å². The Morgan fingerprint density at radius 3 is 2.56 bits per heavy atom. The Balaban J connectivity index is 1.89. The predicted molar refractivity (Wildman–Crippen MR) is 59.7 cm³/mol. The number of carbonyl (C=O) groups is 1. The second-order valence-corrected chi connectivity index (χ2v) is 4.21. The Hall–Kier alpha value is -1.56. The molecule has 1 aromatic carbocycles. The predicted octanol–water partition coefficient (Wildman–Crippen LogP) is 1.59. The standard InChI is InChI=1S/C12H13F3N2O/c13-9-4-3-8(10(14)11(9)15)12(18)17-6-5-16-7-1-2-7/h3-4,7,16H,1-2,5-6H2,(H,17,18). The van der Waals surface area contributed by atoms with Crippen molar-refractivity contribution in [1.82, 2.24) is 10.6 Å². The molecule has 0 unspecified atom stereocenters. The van der Waals surface area contributed by atoms with Crippen molar-refractivity contribution in [2.24, 2.45) is 0 Å². The first-order chi connectivity index (χ1) is 8.59. The van der Waals surface area contributed by atoms with Gasteiger partial charge in [0.15, 0.2) is 17.5 Å². The van der Waals surface area contributed by atoms with Gasteiger partial charge in [-0.15, -0.1) is 0 Å². The maximum Gasteiger partial charge on any atom is 0.254 e. The largest absolute Gasteiger partial charge is 0.351 e. The molecule has 6 heteroatoms. The second-order valence-electron chi connectivity index (χ2n) is 4.21. The summed E-state index contributed by atoms with van der Waals surface area (Å²) in [5, 5.41) is 5.60. The molecule has 0 spiro atoms. The van der Waals surface area contributed by atoms with Gasteiger partial charge in [-0.2, -0.15) is 0 Å². The summed E-state index contributed by atoms with van der Waals surface area (Å²) < 4.78 is 38.8. The summed E-state index contributed by atoms with van der Waals surface area (Å²) in [6.45, 7) is 0.884. The molecular formula is C12H13F3N2O. The van der Waals surface area contributed by atoms with E-state index in [1.54, 1.807) is 0 Å². The summed E-state index contributed by atoms with van der Waals surface area (Å²) in [5.74, 6) is -5.13. The average Bonchev–Trinajstić information content (AvgIpc) is 3.15. The van der Waals surface area contributed by atoms with E-state index in [2.05, 4.69) is 10.6 Å². The third kappa shape index (κ3) is 3.01. The molecule has 1 fully saturated rings. The zero-order valence-corrected chi connectivity index (χ0v) is 9.60. The van der Waals surface area contributed by atoms with Crippen molar-refractivity contribution in [2.75, 3.05) is 13.1 Å². The molecule has 0 heterocycles. The van der Waals surface area contributed by atoms with E-state index in [9.17, 15) is 18.0 Å². The SMILES string of the molecule is O=C(NCCNC1CC1)c1ccc(F)c(F)c1F. The molecular weight excluding hydrogens is 245 g/mol. The first-order valence-corrected chi connectivity index (χ1v) is 5.74. The molecule has 2 N–H and O–H groups in total. The third-order valence-corrected chi connectivity index (χ3v) is 2.70. The molecule has 2 rings (SSSR count). The molecule has 1 amide bonds. The number of hydrogen-bond acceptors (Lipinski definition) is 2. The van der Waals surface area contributed by atoms with E-state index in [4.69, 9.17) is 0 Å². The van der Waals surface area contributed by atoms with Crippen LogP contribution in [0.3, 0.4) is 0 Å². The van der Waals surface area contributed by atoms with Crippen LogP contribution in [0, 0.1) is 17.5 Å². The fraction of sp³-hybridized carbons (Fsp3) is 0.417. The molecule has 0 aromatic heterocycles. The van der Waals surface area contributed by atoms with E-state index < -0.39 is 28.9 Å². The Kier molecular flexibility index (Phi) is 3.86. The fourth-order valence-electron chi connectivity index (χ4n) is 1.54. The average molecular weight is 258 g/mol. The number of hydrogen-bond donors (Lipinski definition) is 2. The van der Waals surface area contributed by atoms with Crippen LogP contribution in [-0.2, 0) is 0 Å². The molecule has 1 aliphatic carbocycles. The maximum atomic E-state index is 13.3. The first-order valence-electron chi connectivity index (χ1n) is 5.74. The number of nitrogens with one attached hydrogen (secondary N) is 2. The van der Waals surface area contributed by atoms with E-state index in [0.717, 1.165) is 25.0 Å².